The van der Waals surface area contributed by atoms with Crippen LogP contribution in [0.2, 0.25) is 0 Å². The number of nitrogens with zero attached hydrogens (tertiary/aromatic N) is 1. The first-order valence-electron chi connectivity index (χ1n) is 7.74. The summed E-state index contributed by atoms with van der Waals surface area (Å²) >= 11 is 0. The molecule has 120 valence electrons. The Kier molecular flexibility index (Phi) is 3.99. The van der Waals surface area contributed by atoms with Crippen molar-refractivity contribution in [2.45, 2.75) is 38.3 Å². The summed E-state index contributed by atoms with van der Waals surface area (Å²) in [6.07, 6.45) is 3.77. The molecular formula is C16H22N2O3S. The predicted octanol–water partition coefficient (Wildman–Crippen LogP) is 1.40. The second kappa shape index (κ2) is 5.66. The normalized spacial score (nSPS) is 27.4. The van der Waals surface area contributed by atoms with Crippen molar-refractivity contribution < 1.29 is 13.2 Å². The Morgan fingerprint density at radius 2 is 1.95 bits per heavy atom. The molecule has 2 aliphatic rings. The standard InChI is InChI=1S/C16H22N2O3S/c1-3-11-4-6-12(7-5-11)16(19)18-10-13-8-14(18)9-15(13)17-22(2,20)21/h4-7,13-15,17H,3,8-10H2,1-2H3/t13-,14-,15-/m0/s1. The SMILES string of the molecule is CCc1ccc(C(=O)N2C[C@@H]3C[C@H]2C[C@@H]3NS(C)(=O)=O)cc1. The van der Waals surface area contributed by atoms with E-state index in [1.54, 1.807) is 0 Å². The molecule has 1 aromatic rings. The summed E-state index contributed by atoms with van der Waals surface area (Å²) in [5.41, 5.74) is 1.94. The molecule has 22 heavy (non-hydrogen) atoms. The lowest BCUT2D eigenvalue weighted by molar-refractivity contribution is 0.0691. The molecule has 0 radical (unpaired) electrons. The average Bonchev–Trinajstić information content (AvgIpc) is 3.04. The third kappa shape index (κ3) is 3.03. The lowest BCUT2D eigenvalue weighted by Crippen LogP contribution is -2.47. The number of hydrogen-bond acceptors (Lipinski definition) is 3. The Morgan fingerprint density at radius 1 is 1.27 bits per heavy atom. The molecule has 3 atom stereocenters. The number of carbonyl (C=O) groups excluding carboxylic acids is 1. The molecule has 1 aromatic carbocycles. The first-order valence-corrected chi connectivity index (χ1v) is 9.63. The van der Waals surface area contributed by atoms with Crippen LogP contribution < -0.4 is 4.72 Å². The maximum atomic E-state index is 12.6. The monoisotopic (exact) mass is 322 g/mol. The highest BCUT2D eigenvalue weighted by atomic mass is 32.2. The molecule has 2 fully saturated rings. The van der Waals surface area contributed by atoms with Crippen molar-refractivity contribution in [1.29, 1.82) is 0 Å². The molecule has 6 heteroatoms. The molecule has 2 bridgehead atoms. The average molecular weight is 322 g/mol. The molecule has 0 aromatic heterocycles. The minimum Gasteiger partial charge on any atom is -0.335 e. The quantitative estimate of drug-likeness (QED) is 0.911. The van der Waals surface area contributed by atoms with E-state index in [1.807, 2.05) is 29.2 Å². The predicted molar refractivity (Wildman–Crippen MR) is 85.1 cm³/mol. The van der Waals surface area contributed by atoms with Gasteiger partial charge in [0.05, 0.1) is 6.26 Å². The van der Waals surface area contributed by atoms with Crippen molar-refractivity contribution in [2.75, 3.05) is 12.8 Å². The van der Waals surface area contributed by atoms with Gasteiger partial charge in [-0.25, -0.2) is 13.1 Å². The Bertz CT molecular complexity index is 669. The van der Waals surface area contributed by atoms with E-state index in [0.717, 1.165) is 24.8 Å². The van der Waals surface area contributed by atoms with Crippen LogP contribution in [0, 0.1) is 5.92 Å². The molecular weight excluding hydrogens is 300 g/mol. The first-order chi connectivity index (χ1) is 10.4. The number of aryl methyl sites for hydroxylation is 1. The fourth-order valence-electron chi connectivity index (χ4n) is 3.67. The topological polar surface area (TPSA) is 66.5 Å². The van der Waals surface area contributed by atoms with E-state index in [-0.39, 0.29) is 23.9 Å². The number of carbonyl (C=O) groups is 1. The fourth-order valence-corrected chi connectivity index (χ4v) is 4.51. The van der Waals surface area contributed by atoms with Crippen LogP contribution in [0.5, 0.6) is 0 Å². The van der Waals surface area contributed by atoms with Gasteiger partial charge in [0.15, 0.2) is 0 Å². The van der Waals surface area contributed by atoms with Crippen LogP contribution in [0.3, 0.4) is 0 Å². The number of amides is 1. The maximum Gasteiger partial charge on any atom is 0.254 e. The van der Waals surface area contributed by atoms with E-state index >= 15 is 0 Å². The van der Waals surface area contributed by atoms with Gasteiger partial charge in [-0.1, -0.05) is 19.1 Å². The van der Waals surface area contributed by atoms with Gasteiger partial charge in [-0.15, -0.1) is 0 Å². The van der Waals surface area contributed by atoms with Gasteiger partial charge in [0.25, 0.3) is 5.91 Å². The largest absolute Gasteiger partial charge is 0.335 e. The number of hydrogen-bond donors (Lipinski definition) is 1. The highest BCUT2D eigenvalue weighted by Crippen LogP contribution is 2.38. The van der Waals surface area contributed by atoms with Gasteiger partial charge < -0.3 is 4.90 Å². The Hall–Kier alpha value is -1.40. The summed E-state index contributed by atoms with van der Waals surface area (Å²) in [7, 11) is -3.18. The first kappa shape index (κ1) is 15.5. The Balaban J connectivity index is 1.67. The van der Waals surface area contributed by atoms with E-state index in [1.165, 1.54) is 11.8 Å². The molecule has 1 saturated heterocycles. The fraction of sp³-hybridized carbons (Fsp3) is 0.562. The smallest absolute Gasteiger partial charge is 0.254 e. The van der Waals surface area contributed by atoms with Gasteiger partial charge >= 0.3 is 0 Å². The summed E-state index contributed by atoms with van der Waals surface area (Å²) in [6.45, 7) is 2.73. The van der Waals surface area contributed by atoms with Crippen LogP contribution >= 0.6 is 0 Å². The summed E-state index contributed by atoms with van der Waals surface area (Å²) in [5, 5.41) is 0. The van der Waals surface area contributed by atoms with Crippen molar-refractivity contribution in [2.24, 2.45) is 5.92 Å². The van der Waals surface area contributed by atoms with Crippen molar-refractivity contribution in [1.82, 2.24) is 9.62 Å². The number of rotatable bonds is 4. The minimum atomic E-state index is -3.18. The molecule has 3 rings (SSSR count). The minimum absolute atomic E-state index is 0.0217. The van der Waals surface area contributed by atoms with Crippen LogP contribution in [0.15, 0.2) is 24.3 Å². The molecule has 1 N–H and O–H groups in total. The number of likely N-dealkylation sites (tertiary alicyclic amines) is 1. The van der Waals surface area contributed by atoms with E-state index in [4.69, 9.17) is 0 Å². The molecule has 1 aliphatic carbocycles. The molecule has 0 spiro atoms. The van der Waals surface area contributed by atoms with Crippen molar-refractivity contribution >= 4 is 15.9 Å². The Labute approximate surface area is 131 Å². The van der Waals surface area contributed by atoms with Gasteiger partial charge in [-0.3, -0.25) is 4.79 Å². The third-order valence-corrected chi connectivity index (χ3v) is 5.51. The maximum absolute atomic E-state index is 12.6. The van der Waals surface area contributed by atoms with E-state index in [2.05, 4.69) is 11.6 Å². The third-order valence-electron chi connectivity index (χ3n) is 4.78. The van der Waals surface area contributed by atoms with Crippen molar-refractivity contribution in [3.8, 4) is 0 Å². The zero-order valence-corrected chi connectivity index (χ0v) is 13.8. The van der Waals surface area contributed by atoms with E-state index in [0.29, 0.717) is 6.54 Å². The molecule has 1 aliphatic heterocycles. The molecule has 1 amide bonds. The number of sulfonamides is 1. The zero-order chi connectivity index (χ0) is 15.9. The van der Waals surface area contributed by atoms with Crippen LogP contribution in [0.1, 0.15) is 35.7 Å². The van der Waals surface area contributed by atoms with Crippen molar-refractivity contribution in [3.63, 3.8) is 0 Å². The van der Waals surface area contributed by atoms with Gasteiger partial charge in [0.2, 0.25) is 10.0 Å². The Morgan fingerprint density at radius 3 is 2.45 bits per heavy atom. The molecule has 1 saturated carbocycles. The highest BCUT2D eigenvalue weighted by Gasteiger charge is 2.47. The van der Waals surface area contributed by atoms with Crippen LogP contribution in [0.25, 0.3) is 0 Å². The molecule has 1 heterocycles. The van der Waals surface area contributed by atoms with E-state index < -0.39 is 10.0 Å². The number of fused-ring (bicyclic) bond motifs is 2. The second-order valence-electron chi connectivity index (χ2n) is 6.39. The number of piperidine rings is 1. The summed E-state index contributed by atoms with van der Waals surface area (Å²) < 4.78 is 25.4. The van der Waals surface area contributed by atoms with Gasteiger partial charge in [0.1, 0.15) is 0 Å². The summed E-state index contributed by atoms with van der Waals surface area (Å²) in [4.78, 5) is 14.5. The summed E-state index contributed by atoms with van der Waals surface area (Å²) in [5.74, 6) is 0.298. The number of benzene rings is 1. The van der Waals surface area contributed by atoms with Crippen LogP contribution in [-0.2, 0) is 16.4 Å². The molecule has 5 nitrogen and oxygen atoms in total. The van der Waals surface area contributed by atoms with Crippen LogP contribution in [-0.4, -0.2) is 44.1 Å². The zero-order valence-electron chi connectivity index (χ0n) is 13.0. The van der Waals surface area contributed by atoms with Gasteiger partial charge in [-0.05, 0) is 42.9 Å². The van der Waals surface area contributed by atoms with E-state index in [9.17, 15) is 13.2 Å². The van der Waals surface area contributed by atoms with Gasteiger partial charge in [-0.2, -0.15) is 0 Å². The van der Waals surface area contributed by atoms with Gasteiger partial charge in [0, 0.05) is 24.2 Å². The lowest BCUT2D eigenvalue weighted by atomic mass is 10.0. The second-order valence-corrected chi connectivity index (χ2v) is 8.17. The van der Waals surface area contributed by atoms with Crippen molar-refractivity contribution in [3.05, 3.63) is 35.4 Å². The van der Waals surface area contributed by atoms with Crippen LogP contribution in [0.4, 0.5) is 0 Å². The highest BCUT2D eigenvalue weighted by molar-refractivity contribution is 7.88. The molecule has 0 unspecified atom stereocenters. The lowest BCUT2D eigenvalue weighted by Gasteiger charge is -2.31. The summed E-state index contributed by atoms with van der Waals surface area (Å²) in [6, 6.07) is 7.90. The number of nitrogens with one attached hydrogen (secondary N) is 1.